The fourth-order valence-corrected chi connectivity index (χ4v) is 2.76. The van der Waals surface area contributed by atoms with Crippen molar-refractivity contribution in [2.75, 3.05) is 11.9 Å². The van der Waals surface area contributed by atoms with Crippen LogP contribution in [0, 0.1) is 27.7 Å². The Morgan fingerprint density at radius 2 is 1.78 bits per heavy atom. The molecular weight excluding hydrogens is 366 g/mol. The van der Waals surface area contributed by atoms with Crippen molar-refractivity contribution in [2.45, 2.75) is 27.7 Å². The summed E-state index contributed by atoms with van der Waals surface area (Å²) in [6.45, 7) is 7.34. The maximum atomic E-state index is 12.3. The fourth-order valence-electron chi connectivity index (χ4n) is 2.59. The summed E-state index contributed by atoms with van der Waals surface area (Å²) in [4.78, 5) is 21.1. The summed E-state index contributed by atoms with van der Waals surface area (Å²) in [6.07, 6.45) is 0. The van der Waals surface area contributed by atoms with Gasteiger partial charge in [0.25, 0.3) is 11.9 Å². The Balaban J connectivity index is 1.76. The number of rotatable bonds is 5. The van der Waals surface area contributed by atoms with Gasteiger partial charge in [-0.1, -0.05) is 17.7 Å². The summed E-state index contributed by atoms with van der Waals surface area (Å²) in [5, 5.41) is 7.62. The van der Waals surface area contributed by atoms with E-state index in [1.807, 2.05) is 39.8 Å². The van der Waals surface area contributed by atoms with Crippen molar-refractivity contribution >= 4 is 23.3 Å². The molecule has 0 saturated heterocycles. The topological polar surface area (TPSA) is 81.9 Å². The van der Waals surface area contributed by atoms with Gasteiger partial charge in [-0.25, -0.2) is 9.97 Å². The van der Waals surface area contributed by atoms with Crippen molar-refractivity contribution in [3.8, 4) is 11.7 Å². The fraction of sp³-hybridized carbons (Fsp3) is 0.263. The first-order valence-corrected chi connectivity index (χ1v) is 8.78. The van der Waals surface area contributed by atoms with E-state index in [1.54, 1.807) is 18.2 Å². The predicted molar refractivity (Wildman–Crippen MR) is 104 cm³/mol. The summed E-state index contributed by atoms with van der Waals surface area (Å²) >= 11 is 6.09. The standard InChI is InChI=1S/C19H20ClN5O2/c1-11-5-6-15(20)16(7-11)27-10-18(26)23-17-9-14(4)24-25(17)19-21-12(2)8-13(3)22-19/h5-9H,10H2,1-4H3,(H,23,26). The van der Waals surface area contributed by atoms with Crippen LogP contribution in [-0.4, -0.2) is 32.3 Å². The highest BCUT2D eigenvalue weighted by molar-refractivity contribution is 6.32. The van der Waals surface area contributed by atoms with Crippen LogP contribution < -0.4 is 10.1 Å². The smallest absolute Gasteiger partial charge is 0.263 e. The van der Waals surface area contributed by atoms with Gasteiger partial charge in [-0.05, 0) is 51.5 Å². The van der Waals surface area contributed by atoms with E-state index in [4.69, 9.17) is 16.3 Å². The zero-order chi connectivity index (χ0) is 19.6. The second kappa shape index (κ2) is 7.75. The molecule has 0 aliphatic heterocycles. The minimum absolute atomic E-state index is 0.179. The van der Waals surface area contributed by atoms with E-state index in [2.05, 4.69) is 20.4 Å². The molecule has 140 valence electrons. The van der Waals surface area contributed by atoms with Crippen molar-refractivity contribution in [3.05, 3.63) is 58.0 Å². The number of nitrogens with one attached hydrogen (secondary N) is 1. The Hall–Kier alpha value is -2.93. The number of hydrogen-bond acceptors (Lipinski definition) is 5. The van der Waals surface area contributed by atoms with Gasteiger partial charge in [-0.15, -0.1) is 0 Å². The molecule has 0 aliphatic carbocycles. The molecule has 0 saturated carbocycles. The minimum atomic E-state index is -0.335. The van der Waals surface area contributed by atoms with Gasteiger partial charge in [-0.3, -0.25) is 4.79 Å². The number of halogens is 1. The first-order valence-electron chi connectivity index (χ1n) is 8.40. The normalized spacial score (nSPS) is 10.7. The van der Waals surface area contributed by atoms with Crippen LogP contribution in [0.5, 0.6) is 5.75 Å². The molecule has 3 aromatic rings. The largest absolute Gasteiger partial charge is 0.482 e. The summed E-state index contributed by atoms with van der Waals surface area (Å²) in [7, 11) is 0. The quantitative estimate of drug-likeness (QED) is 0.726. The Kier molecular flexibility index (Phi) is 5.41. The number of amides is 1. The summed E-state index contributed by atoms with van der Waals surface area (Å²) in [5.41, 5.74) is 3.37. The number of carbonyl (C=O) groups excluding carboxylic acids is 1. The molecule has 27 heavy (non-hydrogen) atoms. The Bertz CT molecular complexity index is 980. The molecule has 0 atom stereocenters. The third-order valence-electron chi connectivity index (χ3n) is 3.70. The van der Waals surface area contributed by atoms with Gasteiger partial charge in [-0.2, -0.15) is 9.78 Å². The van der Waals surface area contributed by atoms with Crippen LogP contribution in [0.1, 0.15) is 22.6 Å². The molecule has 0 unspecified atom stereocenters. The molecule has 0 fully saturated rings. The lowest BCUT2D eigenvalue weighted by Gasteiger charge is -2.11. The van der Waals surface area contributed by atoms with Crippen LogP contribution in [0.4, 0.5) is 5.82 Å². The van der Waals surface area contributed by atoms with Gasteiger partial charge < -0.3 is 10.1 Å². The van der Waals surface area contributed by atoms with Crippen molar-refractivity contribution < 1.29 is 9.53 Å². The second-order valence-corrected chi connectivity index (χ2v) is 6.71. The van der Waals surface area contributed by atoms with E-state index >= 15 is 0 Å². The molecule has 1 amide bonds. The number of hydrogen-bond donors (Lipinski definition) is 1. The number of ether oxygens (including phenoxy) is 1. The first-order chi connectivity index (χ1) is 12.8. The lowest BCUT2D eigenvalue weighted by molar-refractivity contribution is -0.118. The average Bonchev–Trinajstić information content (AvgIpc) is 2.95. The van der Waals surface area contributed by atoms with E-state index in [9.17, 15) is 4.79 Å². The van der Waals surface area contributed by atoms with Gasteiger partial charge >= 0.3 is 0 Å². The van der Waals surface area contributed by atoms with Gasteiger partial charge in [0.15, 0.2) is 6.61 Å². The number of nitrogens with zero attached hydrogens (tertiary/aromatic N) is 4. The molecule has 0 bridgehead atoms. The molecule has 8 heteroatoms. The molecule has 0 spiro atoms. The third-order valence-corrected chi connectivity index (χ3v) is 4.02. The number of aromatic nitrogens is 4. The summed E-state index contributed by atoms with van der Waals surface area (Å²) < 4.78 is 7.04. The van der Waals surface area contributed by atoms with Gasteiger partial charge in [0.05, 0.1) is 10.7 Å². The monoisotopic (exact) mass is 385 g/mol. The van der Waals surface area contributed by atoms with Crippen LogP contribution in [-0.2, 0) is 4.79 Å². The number of aryl methyl sites for hydroxylation is 4. The van der Waals surface area contributed by atoms with Crippen molar-refractivity contribution in [1.29, 1.82) is 0 Å². The predicted octanol–water partition coefficient (Wildman–Crippen LogP) is 3.57. The van der Waals surface area contributed by atoms with Crippen LogP contribution in [0.15, 0.2) is 30.3 Å². The lowest BCUT2D eigenvalue weighted by atomic mass is 10.2. The van der Waals surface area contributed by atoms with Crippen LogP contribution in [0.25, 0.3) is 5.95 Å². The van der Waals surface area contributed by atoms with Crippen molar-refractivity contribution in [1.82, 2.24) is 19.7 Å². The number of anilines is 1. The van der Waals surface area contributed by atoms with E-state index in [1.165, 1.54) is 4.68 Å². The Labute approximate surface area is 162 Å². The zero-order valence-corrected chi connectivity index (χ0v) is 16.3. The Morgan fingerprint density at radius 3 is 2.48 bits per heavy atom. The van der Waals surface area contributed by atoms with Gasteiger partial charge in [0.2, 0.25) is 0 Å². The molecule has 0 aliphatic rings. The highest BCUT2D eigenvalue weighted by Crippen LogP contribution is 2.25. The molecule has 2 aromatic heterocycles. The maximum absolute atomic E-state index is 12.3. The average molecular weight is 386 g/mol. The van der Waals surface area contributed by atoms with E-state index in [-0.39, 0.29) is 12.5 Å². The number of benzene rings is 1. The molecule has 3 rings (SSSR count). The summed E-state index contributed by atoms with van der Waals surface area (Å²) in [6, 6.07) is 9.02. The molecule has 1 N–H and O–H groups in total. The SMILES string of the molecule is Cc1ccc(Cl)c(OCC(=O)Nc2cc(C)nn2-c2nc(C)cc(C)n2)c1. The van der Waals surface area contributed by atoms with Crippen LogP contribution >= 0.6 is 11.6 Å². The van der Waals surface area contributed by atoms with Crippen LogP contribution in [0.2, 0.25) is 5.02 Å². The van der Waals surface area contributed by atoms with E-state index in [0.717, 1.165) is 22.6 Å². The zero-order valence-electron chi connectivity index (χ0n) is 15.6. The van der Waals surface area contributed by atoms with Crippen LogP contribution in [0.3, 0.4) is 0 Å². The van der Waals surface area contributed by atoms with Gasteiger partial charge in [0, 0.05) is 17.5 Å². The highest BCUT2D eigenvalue weighted by atomic mass is 35.5. The number of carbonyl (C=O) groups is 1. The van der Waals surface area contributed by atoms with E-state index < -0.39 is 0 Å². The van der Waals surface area contributed by atoms with Gasteiger partial charge in [0.1, 0.15) is 11.6 Å². The van der Waals surface area contributed by atoms with Crippen molar-refractivity contribution in [3.63, 3.8) is 0 Å². The van der Waals surface area contributed by atoms with E-state index in [0.29, 0.717) is 22.5 Å². The summed E-state index contributed by atoms with van der Waals surface area (Å²) in [5.74, 6) is 1.01. The second-order valence-electron chi connectivity index (χ2n) is 6.30. The third kappa shape index (κ3) is 4.62. The molecular formula is C19H20ClN5O2. The molecule has 0 radical (unpaired) electrons. The Morgan fingerprint density at radius 1 is 1.07 bits per heavy atom. The lowest BCUT2D eigenvalue weighted by Crippen LogP contribution is -2.22. The minimum Gasteiger partial charge on any atom is -0.482 e. The molecule has 7 nitrogen and oxygen atoms in total. The maximum Gasteiger partial charge on any atom is 0.263 e. The first kappa shape index (κ1) is 18.8. The van der Waals surface area contributed by atoms with Crippen molar-refractivity contribution in [2.24, 2.45) is 0 Å². The molecule has 2 heterocycles. The molecule has 1 aromatic carbocycles. The highest BCUT2D eigenvalue weighted by Gasteiger charge is 2.14.